The molecule has 0 fully saturated rings. The monoisotopic (exact) mass is 217 g/mol. The van der Waals surface area contributed by atoms with E-state index < -0.39 is 4.92 Å². The Balaban J connectivity index is 2.48. The standard InChI is InChI=1S/C7H11N3O3S/c1-5(13-2)3-8-7-9-4-6(14-7)10(11)12/h4-5H,3H2,1-2H3,(H,8,9). The zero-order chi connectivity index (χ0) is 10.6. The van der Waals surface area contributed by atoms with Gasteiger partial charge in [0.1, 0.15) is 6.20 Å². The van der Waals surface area contributed by atoms with Crippen LogP contribution in [0.1, 0.15) is 6.92 Å². The van der Waals surface area contributed by atoms with Crippen molar-refractivity contribution in [3.05, 3.63) is 16.3 Å². The lowest BCUT2D eigenvalue weighted by molar-refractivity contribution is -0.380. The first-order valence-corrected chi connectivity index (χ1v) is 4.82. The molecule has 6 nitrogen and oxygen atoms in total. The Kier molecular flexibility index (Phi) is 3.78. The third-order valence-electron chi connectivity index (χ3n) is 1.62. The van der Waals surface area contributed by atoms with Crippen LogP contribution in [0, 0.1) is 10.1 Å². The van der Waals surface area contributed by atoms with E-state index in [1.165, 1.54) is 6.20 Å². The number of nitro groups is 1. The second kappa shape index (κ2) is 4.87. The van der Waals surface area contributed by atoms with E-state index in [1.54, 1.807) is 7.11 Å². The lowest BCUT2D eigenvalue weighted by atomic mass is 10.4. The number of aromatic nitrogens is 1. The number of nitrogens with one attached hydrogen (secondary N) is 1. The predicted octanol–water partition coefficient (Wildman–Crippen LogP) is 1.50. The first kappa shape index (κ1) is 10.9. The number of hydrogen-bond acceptors (Lipinski definition) is 6. The normalized spacial score (nSPS) is 12.4. The molecule has 1 rings (SSSR count). The van der Waals surface area contributed by atoms with E-state index in [0.717, 1.165) is 11.3 Å². The molecule has 0 amide bonds. The van der Waals surface area contributed by atoms with Gasteiger partial charge >= 0.3 is 5.00 Å². The van der Waals surface area contributed by atoms with Gasteiger partial charge in [-0.2, -0.15) is 0 Å². The van der Waals surface area contributed by atoms with Gasteiger partial charge in [0.15, 0.2) is 5.13 Å². The van der Waals surface area contributed by atoms with Crippen LogP contribution in [0.25, 0.3) is 0 Å². The summed E-state index contributed by atoms with van der Waals surface area (Å²) in [5.41, 5.74) is 0. The highest BCUT2D eigenvalue weighted by atomic mass is 32.1. The maximum Gasteiger partial charge on any atom is 0.345 e. The summed E-state index contributed by atoms with van der Waals surface area (Å²) in [6.07, 6.45) is 1.29. The Morgan fingerprint density at radius 1 is 1.86 bits per heavy atom. The molecule has 0 saturated carbocycles. The summed E-state index contributed by atoms with van der Waals surface area (Å²) in [7, 11) is 1.61. The van der Waals surface area contributed by atoms with Gasteiger partial charge in [-0.1, -0.05) is 0 Å². The summed E-state index contributed by atoms with van der Waals surface area (Å²) >= 11 is 1.02. The maximum atomic E-state index is 10.3. The van der Waals surface area contributed by atoms with Crippen molar-refractivity contribution in [1.29, 1.82) is 0 Å². The van der Waals surface area contributed by atoms with Crippen LogP contribution in [-0.2, 0) is 4.74 Å². The molecular formula is C7H11N3O3S. The number of rotatable bonds is 5. The smallest absolute Gasteiger partial charge is 0.345 e. The van der Waals surface area contributed by atoms with Crippen molar-refractivity contribution < 1.29 is 9.66 Å². The number of ether oxygens (including phenoxy) is 1. The molecule has 0 aliphatic heterocycles. The van der Waals surface area contributed by atoms with Crippen molar-refractivity contribution in [1.82, 2.24) is 4.98 Å². The van der Waals surface area contributed by atoms with Gasteiger partial charge in [-0.3, -0.25) is 10.1 Å². The van der Waals surface area contributed by atoms with Gasteiger partial charge in [-0.25, -0.2) is 4.98 Å². The molecule has 14 heavy (non-hydrogen) atoms. The molecule has 1 heterocycles. The van der Waals surface area contributed by atoms with E-state index in [1.807, 2.05) is 6.92 Å². The molecular weight excluding hydrogens is 206 g/mol. The summed E-state index contributed by atoms with van der Waals surface area (Å²) in [5, 5.41) is 13.9. The van der Waals surface area contributed by atoms with Gasteiger partial charge < -0.3 is 10.1 Å². The van der Waals surface area contributed by atoms with Crippen molar-refractivity contribution >= 4 is 21.5 Å². The van der Waals surface area contributed by atoms with Crippen LogP contribution >= 0.6 is 11.3 Å². The fourth-order valence-corrected chi connectivity index (χ4v) is 1.39. The minimum absolute atomic E-state index is 0.0394. The Morgan fingerprint density at radius 2 is 2.57 bits per heavy atom. The van der Waals surface area contributed by atoms with Gasteiger partial charge in [0.2, 0.25) is 0 Å². The average molecular weight is 217 g/mol. The molecule has 78 valence electrons. The Labute approximate surface area is 85.1 Å². The number of thiazole rings is 1. The Morgan fingerprint density at radius 3 is 3.07 bits per heavy atom. The summed E-state index contributed by atoms with van der Waals surface area (Å²) in [6.45, 7) is 2.48. The van der Waals surface area contributed by atoms with Crippen molar-refractivity contribution in [2.45, 2.75) is 13.0 Å². The zero-order valence-electron chi connectivity index (χ0n) is 7.89. The number of hydrogen-bond donors (Lipinski definition) is 1. The summed E-state index contributed by atoms with van der Waals surface area (Å²) in [5.74, 6) is 0. The van der Waals surface area contributed by atoms with Gasteiger partial charge in [-0.15, -0.1) is 0 Å². The fraction of sp³-hybridized carbons (Fsp3) is 0.571. The molecule has 0 bridgehead atoms. The number of nitrogens with zero attached hydrogens (tertiary/aromatic N) is 2. The van der Waals surface area contributed by atoms with Crippen LogP contribution in [0.4, 0.5) is 10.1 Å². The van der Waals surface area contributed by atoms with Crippen molar-refractivity contribution in [2.75, 3.05) is 19.0 Å². The maximum absolute atomic E-state index is 10.3. The third kappa shape index (κ3) is 2.93. The van der Waals surface area contributed by atoms with E-state index in [4.69, 9.17) is 4.74 Å². The first-order valence-electron chi connectivity index (χ1n) is 4.00. The van der Waals surface area contributed by atoms with Crippen LogP contribution in [-0.4, -0.2) is 29.7 Å². The van der Waals surface area contributed by atoms with Gasteiger partial charge in [-0.05, 0) is 18.3 Å². The van der Waals surface area contributed by atoms with Crippen LogP contribution in [0.15, 0.2) is 6.20 Å². The second-order valence-electron chi connectivity index (χ2n) is 2.69. The SMILES string of the molecule is COC(C)CNc1ncc([N+](=O)[O-])s1. The summed E-state index contributed by atoms with van der Waals surface area (Å²) in [6, 6.07) is 0. The molecule has 0 saturated heterocycles. The number of methoxy groups -OCH3 is 1. The van der Waals surface area contributed by atoms with Crippen molar-refractivity contribution in [3.8, 4) is 0 Å². The highest BCUT2D eigenvalue weighted by Crippen LogP contribution is 2.24. The molecule has 0 aliphatic rings. The van der Waals surface area contributed by atoms with Crippen LogP contribution in [0.2, 0.25) is 0 Å². The van der Waals surface area contributed by atoms with Crippen molar-refractivity contribution in [2.24, 2.45) is 0 Å². The van der Waals surface area contributed by atoms with E-state index in [-0.39, 0.29) is 11.1 Å². The lowest BCUT2D eigenvalue weighted by Crippen LogP contribution is -2.17. The molecule has 1 aromatic rings. The second-order valence-corrected chi connectivity index (χ2v) is 3.70. The van der Waals surface area contributed by atoms with E-state index in [2.05, 4.69) is 10.3 Å². The minimum atomic E-state index is -0.456. The van der Waals surface area contributed by atoms with Gasteiger partial charge in [0, 0.05) is 13.7 Å². The molecule has 1 unspecified atom stereocenters. The molecule has 1 aromatic heterocycles. The minimum Gasteiger partial charge on any atom is -0.380 e. The molecule has 7 heteroatoms. The van der Waals surface area contributed by atoms with Gasteiger partial charge in [0.05, 0.1) is 11.0 Å². The van der Waals surface area contributed by atoms with Crippen LogP contribution < -0.4 is 5.32 Å². The zero-order valence-corrected chi connectivity index (χ0v) is 8.71. The average Bonchev–Trinajstić information content (AvgIpc) is 2.62. The fourth-order valence-electron chi connectivity index (χ4n) is 0.746. The quantitative estimate of drug-likeness (QED) is 0.597. The van der Waals surface area contributed by atoms with E-state index in [0.29, 0.717) is 11.7 Å². The highest BCUT2D eigenvalue weighted by molar-refractivity contribution is 7.18. The van der Waals surface area contributed by atoms with Gasteiger partial charge in [0.25, 0.3) is 0 Å². The Bertz CT molecular complexity index is 315. The predicted molar refractivity (Wildman–Crippen MR) is 53.7 cm³/mol. The van der Waals surface area contributed by atoms with Crippen LogP contribution in [0.3, 0.4) is 0 Å². The lowest BCUT2D eigenvalue weighted by Gasteiger charge is -2.08. The topological polar surface area (TPSA) is 77.3 Å². The molecule has 1 atom stereocenters. The number of anilines is 1. The summed E-state index contributed by atoms with van der Waals surface area (Å²) < 4.78 is 5.01. The van der Waals surface area contributed by atoms with Crippen LogP contribution in [0.5, 0.6) is 0 Å². The largest absolute Gasteiger partial charge is 0.380 e. The molecule has 0 radical (unpaired) electrons. The molecule has 0 spiro atoms. The van der Waals surface area contributed by atoms with E-state index in [9.17, 15) is 10.1 Å². The van der Waals surface area contributed by atoms with Crippen molar-refractivity contribution in [3.63, 3.8) is 0 Å². The molecule has 0 aliphatic carbocycles. The first-order chi connectivity index (χ1) is 6.63. The van der Waals surface area contributed by atoms with E-state index >= 15 is 0 Å². The molecule has 0 aromatic carbocycles. The summed E-state index contributed by atoms with van der Waals surface area (Å²) in [4.78, 5) is 13.7. The molecule has 1 N–H and O–H groups in total. The third-order valence-corrected chi connectivity index (χ3v) is 2.52. The highest BCUT2D eigenvalue weighted by Gasteiger charge is 2.11. The Hall–Kier alpha value is -1.21.